The van der Waals surface area contributed by atoms with E-state index in [0.29, 0.717) is 23.1 Å². The van der Waals surface area contributed by atoms with Crippen LogP contribution in [0.15, 0.2) is 59.6 Å². The summed E-state index contributed by atoms with van der Waals surface area (Å²) in [6.45, 7) is 1.25. The van der Waals surface area contributed by atoms with Gasteiger partial charge in [-0.25, -0.2) is 13.4 Å². The molecule has 1 heterocycles. The number of carbonyl (C=O) groups is 1. The van der Waals surface area contributed by atoms with E-state index in [0.717, 1.165) is 6.26 Å². The number of nitrogens with one attached hydrogen (secondary N) is 3. The summed E-state index contributed by atoms with van der Waals surface area (Å²) in [5.41, 5.74) is 0.331. The van der Waals surface area contributed by atoms with Gasteiger partial charge in [0.1, 0.15) is 11.4 Å². The first-order valence-electron chi connectivity index (χ1n) is 9.53. The molecule has 0 unspecified atom stereocenters. The Morgan fingerprint density at radius 1 is 1.06 bits per heavy atom. The van der Waals surface area contributed by atoms with Gasteiger partial charge in [-0.3, -0.25) is 4.79 Å². The van der Waals surface area contributed by atoms with Gasteiger partial charge in [-0.05, 0) is 35.9 Å². The molecular formula is C21H20F3N5O3S. The monoisotopic (exact) mass is 479 g/mol. The van der Waals surface area contributed by atoms with E-state index >= 15 is 0 Å². The fourth-order valence-electron chi connectivity index (χ4n) is 2.86. The molecule has 3 aromatic rings. The van der Waals surface area contributed by atoms with Crippen LogP contribution in [0.3, 0.4) is 0 Å². The number of carbonyl (C=O) groups excluding carboxylic acids is 1. The lowest BCUT2D eigenvalue weighted by molar-refractivity contribution is -0.137. The zero-order chi connectivity index (χ0) is 24.2. The predicted molar refractivity (Wildman–Crippen MR) is 118 cm³/mol. The average molecular weight is 479 g/mol. The maximum atomic E-state index is 13.5. The summed E-state index contributed by atoms with van der Waals surface area (Å²) in [6, 6.07) is 12.4. The van der Waals surface area contributed by atoms with Crippen LogP contribution in [-0.4, -0.2) is 30.5 Å². The highest BCUT2D eigenvalue weighted by Crippen LogP contribution is 2.34. The van der Waals surface area contributed by atoms with E-state index in [1.165, 1.54) is 25.1 Å². The van der Waals surface area contributed by atoms with Crippen molar-refractivity contribution in [3.05, 3.63) is 65.9 Å². The third-order valence-electron chi connectivity index (χ3n) is 4.32. The van der Waals surface area contributed by atoms with Gasteiger partial charge >= 0.3 is 6.18 Å². The van der Waals surface area contributed by atoms with Crippen molar-refractivity contribution in [2.75, 3.05) is 22.2 Å². The Labute approximate surface area is 188 Å². The molecular weight excluding hydrogens is 459 g/mol. The van der Waals surface area contributed by atoms with Crippen LogP contribution in [0.1, 0.15) is 18.1 Å². The molecule has 0 spiro atoms. The van der Waals surface area contributed by atoms with Crippen molar-refractivity contribution in [2.24, 2.45) is 0 Å². The summed E-state index contributed by atoms with van der Waals surface area (Å²) in [5, 5.41) is 8.02. The van der Waals surface area contributed by atoms with Crippen molar-refractivity contribution >= 4 is 38.9 Å². The Balaban J connectivity index is 1.86. The first-order valence-corrected chi connectivity index (χ1v) is 11.4. The molecule has 0 saturated carbocycles. The lowest BCUT2D eigenvalue weighted by atomic mass is 10.2. The molecule has 0 fully saturated rings. The molecule has 2 aromatic carbocycles. The molecule has 0 aliphatic rings. The van der Waals surface area contributed by atoms with Gasteiger partial charge in [-0.2, -0.15) is 18.2 Å². The average Bonchev–Trinajstić information content (AvgIpc) is 2.71. The topological polar surface area (TPSA) is 113 Å². The minimum Gasteiger partial charge on any atom is -0.365 e. The Bertz CT molecular complexity index is 1280. The van der Waals surface area contributed by atoms with Gasteiger partial charge in [0, 0.05) is 37.3 Å². The molecule has 0 saturated heterocycles. The maximum absolute atomic E-state index is 13.5. The van der Waals surface area contributed by atoms with Crippen LogP contribution in [0, 0.1) is 0 Å². The van der Waals surface area contributed by atoms with Crippen LogP contribution in [0.4, 0.5) is 36.3 Å². The van der Waals surface area contributed by atoms with Crippen molar-refractivity contribution < 1.29 is 26.4 Å². The van der Waals surface area contributed by atoms with Crippen LogP contribution >= 0.6 is 0 Å². The SMILES string of the molecule is CC(=O)Nc1cccc(Nc2ncc(C(F)(F)F)c(NCc3cccc(S(C)(=O)=O)c3)n2)c1. The molecule has 0 bridgehead atoms. The van der Waals surface area contributed by atoms with Crippen LogP contribution < -0.4 is 16.0 Å². The summed E-state index contributed by atoms with van der Waals surface area (Å²) in [7, 11) is -3.46. The number of nitrogens with zero attached hydrogens (tertiary/aromatic N) is 2. The van der Waals surface area contributed by atoms with Crippen LogP contribution in [0.5, 0.6) is 0 Å². The number of alkyl halides is 3. The summed E-state index contributed by atoms with van der Waals surface area (Å²) in [6.07, 6.45) is -3.01. The molecule has 174 valence electrons. The predicted octanol–water partition coefficient (Wildman–Crippen LogP) is 4.21. The summed E-state index contributed by atoms with van der Waals surface area (Å²) < 4.78 is 63.9. The van der Waals surface area contributed by atoms with Gasteiger partial charge in [0.15, 0.2) is 9.84 Å². The fourth-order valence-corrected chi connectivity index (χ4v) is 3.55. The summed E-state index contributed by atoms with van der Waals surface area (Å²) in [4.78, 5) is 19.0. The Hall–Kier alpha value is -3.67. The molecule has 3 rings (SSSR count). The van der Waals surface area contributed by atoms with Crippen molar-refractivity contribution in [1.29, 1.82) is 0 Å². The number of amides is 1. The number of sulfone groups is 1. The quantitative estimate of drug-likeness (QED) is 0.465. The van der Waals surface area contributed by atoms with Crippen LogP contribution in [0.2, 0.25) is 0 Å². The second kappa shape index (κ2) is 9.45. The second-order valence-corrected chi connectivity index (χ2v) is 9.13. The highest BCUT2D eigenvalue weighted by atomic mass is 32.2. The van der Waals surface area contributed by atoms with Crippen LogP contribution in [-0.2, 0) is 27.4 Å². The molecule has 33 heavy (non-hydrogen) atoms. The minimum atomic E-state index is -4.71. The molecule has 0 radical (unpaired) electrons. The Kier molecular flexibility index (Phi) is 6.86. The lowest BCUT2D eigenvalue weighted by Crippen LogP contribution is -2.14. The standard InChI is InChI=1S/C21H20F3N5O3S/c1-13(30)27-15-6-4-7-16(10-15)28-20-26-12-18(21(22,23)24)19(29-20)25-11-14-5-3-8-17(9-14)33(2,31)32/h3-10,12H,11H2,1-2H3,(H,27,30)(H2,25,26,28,29). The molecule has 8 nitrogen and oxygen atoms in total. The van der Waals surface area contributed by atoms with Crippen molar-refractivity contribution in [1.82, 2.24) is 9.97 Å². The number of halogens is 3. The third kappa shape index (κ3) is 6.65. The number of hydrogen-bond donors (Lipinski definition) is 3. The largest absolute Gasteiger partial charge is 0.421 e. The van der Waals surface area contributed by atoms with E-state index in [2.05, 4.69) is 25.9 Å². The molecule has 1 amide bonds. The van der Waals surface area contributed by atoms with E-state index in [9.17, 15) is 26.4 Å². The number of rotatable bonds is 7. The van der Waals surface area contributed by atoms with Crippen molar-refractivity contribution in [3.8, 4) is 0 Å². The van der Waals surface area contributed by atoms with E-state index in [1.807, 2.05) is 0 Å². The maximum Gasteiger partial charge on any atom is 0.421 e. The molecule has 0 atom stereocenters. The Morgan fingerprint density at radius 2 is 1.76 bits per heavy atom. The van der Waals surface area contributed by atoms with Gasteiger partial charge < -0.3 is 16.0 Å². The molecule has 1 aromatic heterocycles. The first kappa shape index (κ1) is 24.0. The van der Waals surface area contributed by atoms with Gasteiger partial charge in [0.05, 0.1) is 4.90 Å². The second-order valence-electron chi connectivity index (χ2n) is 7.11. The van der Waals surface area contributed by atoms with E-state index < -0.39 is 27.4 Å². The highest BCUT2D eigenvalue weighted by Gasteiger charge is 2.35. The number of benzene rings is 2. The van der Waals surface area contributed by atoms with Crippen molar-refractivity contribution in [2.45, 2.75) is 24.5 Å². The molecule has 0 aliphatic heterocycles. The molecule has 0 aliphatic carbocycles. The van der Waals surface area contributed by atoms with Gasteiger partial charge in [-0.15, -0.1) is 0 Å². The fraction of sp³-hybridized carbons (Fsp3) is 0.190. The number of aromatic nitrogens is 2. The lowest BCUT2D eigenvalue weighted by Gasteiger charge is -2.15. The zero-order valence-corrected chi connectivity index (χ0v) is 18.4. The summed E-state index contributed by atoms with van der Waals surface area (Å²) >= 11 is 0. The molecule has 3 N–H and O–H groups in total. The normalized spacial score (nSPS) is 11.7. The minimum absolute atomic E-state index is 0.0574. The van der Waals surface area contributed by atoms with Crippen LogP contribution in [0.25, 0.3) is 0 Å². The summed E-state index contributed by atoms with van der Waals surface area (Å²) in [5.74, 6) is -0.845. The van der Waals surface area contributed by atoms with E-state index in [4.69, 9.17) is 0 Å². The van der Waals surface area contributed by atoms with E-state index in [-0.39, 0.29) is 23.3 Å². The van der Waals surface area contributed by atoms with Gasteiger partial charge in [0.25, 0.3) is 0 Å². The first-order chi connectivity index (χ1) is 15.4. The third-order valence-corrected chi connectivity index (χ3v) is 5.43. The zero-order valence-electron chi connectivity index (χ0n) is 17.6. The number of hydrogen-bond acceptors (Lipinski definition) is 7. The highest BCUT2D eigenvalue weighted by molar-refractivity contribution is 7.90. The van der Waals surface area contributed by atoms with E-state index in [1.54, 1.807) is 30.3 Å². The number of anilines is 4. The molecule has 12 heteroatoms. The van der Waals surface area contributed by atoms with Crippen molar-refractivity contribution in [3.63, 3.8) is 0 Å². The van der Waals surface area contributed by atoms with Gasteiger partial charge in [0.2, 0.25) is 11.9 Å². The van der Waals surface area contributed by atoms with Gasteiger partial charge in [-0.1, -0.05) is 18.2 Å². The smallest absolute Gasteiger partial charge is 0.365 e. The Morgan fingerprint density at radius 3 is 2.42 bits per heavy atom.